The van der Waals surface area contributed by atoms with Crippen LogP contribution >= 0.6 is 23.2 Å². The average Bonchev–Trinajstić information content (AvgIpc) is 2.24. The molecule has 1 aromatic carbocycles. The second-order valence-electron chi connectivity index (χ2n) is 4.57. The number of halogens is 2. The lowest BCUT2D eigenvalue weighted by Crippen LogP contribution is -2.40. The topological polar surface area (TPSA) is 58.4 Å². The molecule has 0 saturated heterocycles. The van der Waals surface area contributed by atoms with Gasteiger partial charge in [-0.05, 0) is 32.9 Å². The summed E-state index contributed by atoms with van der Waals surface area (Å²) in [5, 5.41) is 3.73. The Morgan fingerprint density at radius 3 is 2.32 bits per heavy atom. The summed E-state index contributed by atoms with van der Waals surface area (Å²) in [4.78, 5) is 13.6. The highest BCUT2D eigenvalue weighted by Crippen LogP contribution is 2.35. The van der Waals surface area contributed by atoms with Crippen LogP contribution in [0.15, 0.2) is 12.1 Å². The van der Waals surface area contributed by atoms with Crippen LogP contribution in [0.3, 0.4) is 0 Å². The van der Waals surface area contributed by atoms with Crippen molar-refractivity contribution in [3.8, 4) is 0 Å². The molecule has 0 aliphatic carbocycles. The van der Waals surface area contributed by atoms with Gasteiger partial charge >= 0.3 is 0 Å². The van der Waals surface area contributed by atoms with Gasteiger partial charge in [-0.15, -0.1) is 0 Å². The Bertz CT molecular complexity index is 440. The molecule has 19 heavy (non-hydrogen) atoms. The van der Waals surface area contributed by atoms with Crippen LogP contribution < -0.4 is 16.0 Å². The lowest BCUT2D eigenvalue weighted by Gasteiger charge is -2.25. The van der Waals surface area contributed by atoms with Crippen molar-refractivity contribution in [1.82, 2.24) is 5.32 Å². The molecule has 4 nitrogen and oxygen atoms in total. The maximum Gasteiger partial charge on any atom is 0.239 e. The molecule has 0 atom stereocenters. The van der Waals surface area contributed by atoms with Crippen molar-refractivity contribution in [2.45, 2.75) is 26.8 Å². The third-order valence-corrected chi connectivity index (χ3v) is 3.10. The van der Waals surface area contributed by atoms with E-state index in [0.29, 0.717) is 28.0 Å². The van der Waals surface area contributed by atoms with Gasteiger partial charge in [0, 0.05) is 18.3 Å². The van der Waals surface area contributed by atoms with Crippen molar-refractivity contribution in [3.63, 3.8) is 0 Å². The third kappa shape index (κ3) is 4.48. The first kappa shape index (κ1) is 15.9. The molecule has 0 radical (unpaired) electrons. The highest BCUT2D eigenvalue weighted by molar-refractivity contribution is 6.39. The minimum absolute atomic E-state index is 0.0687. The number of carbonyl (C=O) groups is 1. The van der Waals surface area contributed by atoms with Gasteiger partial charge in [-0.2, -0.15) is 0 Å². The molecule has 0 spiro atoms. The highest BCUT2D eigenvalue weighted by Gasteiger charge is 2.17. The largest absolute Gasteiger partial charge is 0.399 e. The molecule has 1 aromatic rings. The minimum atomic E-state index is -0.0687. The predicted octanol–water partition coefficient (Wildman–Crippen LogP) is 2.93. The molecule has 3 N–H and O–H groups in total. The van der Waals surface area contributed by atoms with Crippen molar-refractivity contribution in [1.29, 1.82) is 0 Å². The van der Waals surface area contributed by atoms with E-state index in [0.717, 1.165) is 0 Å². The van der Waals surface area contributed by atoms with E-state index in [4.69, 9.17) is 28.9 Å². The number of anilines is 2. The Labute approximate surface area is 123 Å². The lowest BCUT2D eigenvalue weighted by atomic mass is 10.2. The molecule has 0 aromatic heterocycles. The van der Waals surface area contributed by atoms with Crippen molar-refractivity contribution in [3.05, 3.63) is 22.2 Å². The van der Waals surface area contributed by atoms with Gasteiger partial charge in [0.1, 0.15) is 0 Å². The number of rotatable bonds is 5. The van der Waals surface area contributed by atoms with Crippen molar-refractivity contribution in [2.24, 2.45) is 0 Å². The maximum absolute atomic E-state index is 11.8. The number of hydrogen-bond acceptors (Lipinski definition) is 3. The molecule has 106 valence electrons. The van der Waals surface area contributed by atoms with E-state index in [1.165, 1.54) is 0 Å². The number of likely N-dealkylation sites (N-methyl/N-ethyl adjacent to an activating group) is 1. The highest BCUT2D eigenvalue weighted by atomic mass is 35.5. The van der Waals surface area contributed by atoms with Crippen LogP contribution in [0, 0.1) is 0 Å². The van der Waals surface area contributed by atoms with Crippen LogP contribution in [0.5, 0.6) is 0 Å². The van der Waals surface area contributed by atoms with Crippen LogP contribution in [-0.4, -0.2) is 25.0 Å². The zero-order valence-electron chi connectivity index (χ0n) is 11.3. The fraction of sp³-hybridized carbons (Fsp3) is 0.462. The number of nitrogen functional groups attached to an aromatic ring is 1. The summed E-state index contributed by atoms with van der Waals surface area (Å²) < 4.78 is 0. The molecule has 1 rings (SSSR count). The molecule has 0 aliphatic heterocycles. The summed E-state index contributed by atoms with van der Waals surface area (Å²) in [6.07, 6.45) is 0. The van der Waals surface area contributed by atoms with Gasteiger partial charge in [0.25, 0.3) is 0 Å². The first-order chi connectivity index (χ1) is 8.85. The summed E-state index contributed by atoms with van der Waals surface area (Å²) in [6, 6.07) is 3.36. The number of nitrogens with zero attached hydrogens (tertiary/aromatic N) is 1. The molecule has 0 saturated carbocycles. The predicted molar refractivity (Wildman–Crippen MR) is 82.0 cm³/mol. The van der Waals surface area contributed by atoms with E-state index < -0.39 is 0 Å². The van der Waals surface area contributed by atoms with E-state index in [1.54, 1.807) is 12.1 Å². The average molecular weight is 304 g/mol. The number of hydrogen-bond donors (Lipinski definition) is 2. The Morgan fingerprint density at radius 1 is 1.37 bits per heavy atom. The molecule has 0 fully saturated rings. The summed E-state index contributed by atoms with van der Waals surface area (Å²) in [7, 11) is 0. The van der Waals surface area contributed by atoms with E-state index in [2.05, 4.69) is 5.32 Å². The van der Waals surface area contributed by atoms with Gasteiger partial charge in [0.05, 0.1) is 22.3 Å². The number of nitrogens with two attached hydrogens (primary N) is 1. The minimum Gasteiger partial charge on any atom is -0.399 e. The normalized spacial score (nSPS) is 10.6. The number of carbonyl (C=O) groups excluding carboxylic acids is 1. The van der Waals surface area contributed by atoms with E-state index in [9.17, 15) is 4.79 Å². The third-order valence-electron chi connectivity index (χ3n) is 2.52. The summed E-state index contributed by atoms with van der Waals surface area (Å²) in [5.74, 6) is -0.0687. The second kappa shape index (κ2) is 6.87. The zero-order chi connectivity index (χ0) is 14.6. The van der Waals surface area contributed by atoms with Crippen LogP contribution in [-0.2, 0) is 4.79 Å². The first-order valence-electron chi connectivity index (χ1n) is 6.14. The summed E-state index contributed by atoms with van der Waals surface area (Å²) >= 11 is 12.3. The number of nitrogens with one attached hydrogen (secondary N) is 1. The molecule has 0 heterocycles. The van der Waals surface area contributed by atoms with Crippen LogP contribution in [0.4, 0.5) is 11.4 Å². The quantitative estimate of drug-likeness (QED) is 0.822. The van der Waals surface area contributed by atoms with Gasteiger partial charge in [0.15, 0.2) is 0 Å². The molecule has 1 amide bonds. The Kier molecular flexibility index (Phi) is 5.76. The summed E-state index contributed by atoms with van der Waals surface area (Å²) in [6.45, 7) is 6.59. The van der Waals surface area contributed by atoms with Crippen LogP contribution in [0.1, 0.15) is 20.8 Å². The van der Waals surface area contributed by atoms with Crippen LogP contribution in [0.25, 0.3) is 0 Å². The fourth-order valence-corrected chi connectivity index (χ4v) is 2.52. The maximum atomic E-state index is 11.8. The molecule has 0 unspecified atom stereocenters. The van der Waals surface area contributed by atoms with Gasteiger partial charge < -0.3 is 16.0 Å². The summed E-state index contributed by atoms with van der Waals surface area (Å²) in [5.41, 5.74) is 6.81. The smallest absolute Gasteiger partial charge is 0.239 e. The monoisotopic (exact) mass is 303 g/mol. The standard InChI is InChI=1S/C13H19Cl2N3O/c1-4-18(7-12(19)17-8(2)3)13-10(14)5-9(16)6-11(13)15/h5-6,8H,4,7,16H2,1-3H3,(H,17,19). The van der Waals surface area contributed by atoms with Crippen LogP contribution in [0.2, 0.25) is 10.0 Å². The molecule has 0 bridgehead atoms. The Morgan fingerprint density at radius 2 is 1.89 bits per heavy atom. The first-order valence-corrected chi connectivity index (χ1v) is 6.89. The van der Waals surface area contributed by atoms with E-state index in [-0.39, 0.29) is 18.5 Å². The van der Waals surface area contributed by atoms with Gasteiger partial charge in [-0.25, -0.2) is 0 Å². The SMILES string of the molecule is CCN(CC(=O)NC(C)C)c1c(Cl)cc(N)cc1Cl. The molecular weight excluding hydrogens is 285 g/mol. The van der Waals surface area contributed by atoms with Crippen molar-refractivity contribution in [2.75, 3.05) is 23.7 Å². The molecule has 6 heteroatoms. The molecular formula is C13H19Cl2N3O. The van der Waals surface area contributed by atoms with Gasteiger partial charge in [-0.1, -0.05) is 23.2 Å². The zero-order valence-corrected chi connectivity index (χ0v) is 12.8. The second-order valence-corrected chi connectivity index (χ2v) is 5.38. The van der Waals surface area contributed by atoms with Gasteiger partial charge in [0.2, 0.25) is 5.91 Å². The molecule has 0 aliphatic rings. The Hall–Kier alpha value is -1.13. The van der Waals surface area contributed by atoms with E-state index in [1.807, 2.05) is 25.7 Å². The Balaban J connectivity index is 2.95. The lowest BCUT2D eigenvalue weighted by molar-refractivity contribution is -0.120. The fourth-order valence-electron chi connectivity index (χ4n) is 1.78. The number of benzene rings is 1. The van der Waals surface area contributed by atoms with Gasteiger partial charge in [-0.3, -0.25) is 4.79 Å². The van der Waals surface area contributed by atoms with E-state index >= 15 is 0 Å². The van der Waals surface area contributed by atoms with Crippen molar-refractivity contribution >= 4 is 40.5 Å². The number of amides is 1. The van der Waals surface area contributed by atoms with Crippen molar-refractivity contribution < 1.29 is 4.79 Å².